The summed E-state index contributed by atoms with van der Waals surface area (Å²) in [4.78, 5) is 2.74. The SMILES string of the molecule is CCCNC1CC2CCCC(C1)N2Cc1c(C)noc1C. The second kappa shape index (κ2) is 6.49. The Morgan fingerprint density at radius 3 is 2.52 bits per heavy atom. The first kappa shape index (κ1) is 15.0. The van der Waals surface area contributed by atoms with Gasteiger partial charge in [-0.1, -0.05) is 18.5 Å². The molecule has 0 saturated carbocycles. The molecule has 0 aliphatic carbocycles. The summed E-state index contributed by atoms with van der Waals surface area (Å²) in [6.45, 7) is 8.54. The Morgan fingerprint density at radius 1 is 1.24 bits per heavy atom. The molecule has 2 aliphatic rings. The van der Waals surface area contributed by atoms with E-state index in [9.17, 15) is 0 Å². The highest BCUT2D eigenvalue weighted by atomic mass is 16.5. The van der Waals surface area contributed by atoms with Gasteiger partial charge in [0.25, 0.3) is 0 Å². The largest absolute Gasteiger partial charge is 0.361 e. The molecule has 118 valence electrons. The summed E-state index contributed by atoms with van der Waals surface area (Å²) in [5.74, 6) is 0.997. The average Bonchev–Trinajstić information content (AvgIpc) is 2.77. The van der Waals surface area contributed by atoms with Gasteiger partial charge in [0.2, 0.25) is 0 Å². The van der Waals surface area contributed by atoms with Gasteiger partial charge in [0.1, 0.15) is 5.76 Å². The summed E-state index contributed by atoms with van der Waals surface area (Å²) in [5.41, 5.74) is 2.38. The average molecular weight is 291 g/mol. The van der Waals surface area contributed by atoms with Gasteiger partial charge < -0.3 is 9.84 Å². The fourth-order valence-electron chi connectivity index (χ4n) is 4.16. The summed E-state index contributed by atoms with van der Waals surface area (Å²) in [7, 11) is 0. The first-order valence-electron chi connectivity index (χ1n) is 8.60. The quantitative estimate of drug-likeness (QED) is 0.904. The van der Waals surface area contributed by atoms with Gasteiger partial charge in [0.05, 0.1) is 5.69 Å². The summed E-state index contributed by atoms with van der Waals surface area (Å²) in [6, 6.07) is 2.20. The maximum Gasteiger partial charge on any atom is 0.138 e. The second-order valence-corrected chi connectivity index (χ2v) is 6.84. The van der Waals surface area contributed by atoms with E-state index >= 15 is 0 Å². The minimum Gasteiger partial charge on any atom is -0.361 e. The molecule has 4 heteroatoms. The van der Waals surface area contributed by atoms with Crippen LogP contribution < -0.4 is 5.32 Å². The number of rotatable bonds is 5. The molecule has 0 radical (unpaired) electrons. The summed E-state index contributed by atoms with van der Waals surface area (Å²) in [5, 5.41) is 7.86. The van der Waals surface area contributed by atoms with Crippen LogP contribution in [0, 0.1) is 13.8 Å². The third kappa shape index (κ3) is 3.16. The van der Waals surface area contributed by atoms with Crippen LogP contribution in [0.1, 0.15) is 62.5 Å². The smallest absolute Gasteiger partial charge is 0.138 e. The number of aryl methyl sites for hydroxylation is 2. The monoisotopic (exact) mass is 291 g/mol. The molecule has 0 aromatic carbocycles. The fraction of sp³-hybridized carbons (Fsp3) is 0.824. The predicted molar refractivity (Wildman–Crippen MR) is 84.3 cm³/mol. The molecule has 0 amide bonds. The predicted octanol–water partition coefficient (Wildman–Crippen LogP) is 3.18. The van der Waals surface area contributed by atoms with Crippen molar-refractivity contribution < 1.29 is 4.52 Å². The Bertz CT molecular complexity index is 437. The molecule has 1 N–H and O–H groups in total. The van der Waals surface area contributed by atoms with Gasteiger partial charge in [-0.3, -0.25) is 4.90 Å². The molecule has 2 aliphatic heterocycles. The second-order valence-electron chi connectivity index (χ2n) is 6.84. The Morgan fingerprint density at radius 2 is 1.95 bits per heavy atom. The molecule has 2 unspecified atom stereocenters. The van der Waals surface area contributed by atoms with E-state index in [0.29, 0.717) is 0 Å². The number of hydrogen-bond donors (Lipinski definition) is 1. The van der Waals surface area contributed by atoms with Crippen molar-refractivity contribution in [1.29, 1.82) is 0 Å². The van der Waals surface area contributed by atoms with Crippen molar-refractivity contribution in [2.75, 3.05) is 6.54 Å². The van der Waals surface area contributed by atoms with Crippen LogP contribution in [-0.4, -0.2) is 34.7 Å². The van der Waals surface area contributed by atoms with Crippen molar-refractivity contribution in [3.63, 3.8) is 0 Å². The zero-order valence-electron chi connectivity index (χ0n) is 13.7. The van der Waals surface area contributed by atoms with E-state index in [4.69, 9.17) is 4.52 Å². The lowest BCUT2D eigenvalue weighted by Gasteiger charge is -2.49. The van der Waals surface area contributed by atoms with Gasteiger partial charge in [0, 0.05) is 30.2 Å². The fourth-order valence-corrected chi connectivity index (χ4v) is 4.16. The molecule has 0 spiro atoms. The van der Waals surface area contributed by atoms with E-state index in [-0.39, 0.29) is 0 Å². The van der Waals surface area contributed by atoms with Crippen molar-refractivity contribution in [2.24, 2.45) is 0 Å². The van der Waals surface area contributed by atoms with Crippen LogP contribution in [0.2, 0.25) is 0 Å². The van der Waals surface area contributed by atoms with Crippen LogP contribution in [0.25, 0.3) is 0 Å². The van der Waals surface area contributed by atoms with E-state index < -0.39 is 0 Å². The van der Waals surface area contributed by atoms with Crippen LogP contribution in [-0.2, 0) is 6.54 Å². The van der Waals surface area contributed by atoms with Crippen molar-refractivity contribution >= 4 is 0 Å². The zero-order chi connectivity index (χ0) is 14.8. The van der Waals surface area contributed by atoms with Crippen molar-refractivity contribution in [2.45, 2.75) is 84.0 Å². The topological polar surface area (TPSA) is 41.3 Å². The van der Waals surface area contributed by atoms with Crippen molar-refractivity contribution in [1.82, 2.24) is 15.4 Å². The number of aromatic nitrogens is 1. The number of nitrogens with one attached hydrogen (secondary N) is 1. The molecule has 2 fully saturated rings. The molecular formula is C17H29N3O. The van der Waals surface area contributed by atoms with Gasteiger partial charge >= 0.3 is 0 Å². The molecule has 1 aromatic rings. The number of piperidine rings is 2. The highest BCUT2D eigenvalue weighted by Gasteiger charge is 2.38. The van der Waals surface area contributed by atoms with Crippen LogP contribution in [0.3, 0.4) is 0 Å². The third-order valence-corrected chi connectivity index (χ3v) is 5.33. The third-order valence-electron chi connectivity index (χ3n) is 5.33. The maximum atomic E-state index is 5.34. The van der Waals surface area contributed by atoms with E-state index in [1.54, 1.807) is 0 Å². The van der Waals surface area contributed by atoms with Gasteiger partial charge in [0.15, 0.2) is 0 Å². The Kier molecular flexibility index (Phi) is 4.65. The molecule has 3 heterocycles. The standard InChI is InChI=1S/C17H29N3O/c1-4-8-18-14-9-15-6-5-7-16(10-14)20(15)11-17-12(2)19-21-13(17)3/h14-16,18H,4-11H2,1-3H3. The molecule has 2 saturated heterocycles. The number of nitrogens with zero attached hydrogens (tertiary/aromatic N) is 2. The van der Waals surface area contributed by atoms with E-state index in [1.807, 2.05) is 6.92 Å². The highest BCUT2D eigenvalue weighted by molar-refractivity contribution is 5.21. The lowest BCUT2D eigenvalue weighted by molar-refractivity contribution is 0.0173. The summed E-state index contributed by atoms with van der Waals surface area (Å²) < 4.78 is 5.34. The first-order chi connectivity index (χ1) is 10.2. The molecule has 1 aromatic heterocycles. The van der Waals surface area contributed by atoms with Crippen molar-refractivity contribution in [3.8, 4) is 0 Å². The van der Waals surface area contributed by atoms with Gasteiger partial charge in [-0.15, -0.1) is 0 Å². The van der Waals surface area contributed by atoms with Crippen LogP contribution in [0.4, 0.5) is 0 Å². The minimum atomic E-state index is 0.723. The number of hydrogen-bond acceptors (Lipinski definition) is 4. The van der Waals surface area contributed by atoms with Crippen molar-refractivity contribution in [3.05, 3.63) is 17.0 Å². The minimum absolute atomic E-state index is 0.723. The molecule has 2 bridgehead atoms. The van der Waals surface area contributed by atoms with E-state index in [2.05, 4.69) is 29.2 Å². The highest BCUT2D eigenvalue weighted by Crippen LogP contribution is 2.35. The van der Waals surface area contributed by atoms with E-state index in [1.165, 1.54) is 44.1 Å². The molecule has 2 atom stereocenters. The molecule has 21 heavy (non-hydrogen) atoms. The van der Waals surface area contributed by atoms with Crippen LogP contribution >= 0.6 is 0 Å². The molecule has 4 nitrogen and oxygen atoms in total. The first-order valence-corrected chi connectivity index (χ1v) is 8.60. The van der Waals surface area contributed by atoms with Gasteiger partial charge in [-0.2, -0.15) is 0 Å². The Hall–Kier alpha value is -0.870. The lowest BCUT2D eigenvalue weighted by Crippen LogP contribution is -2.55. The maximum absolute atomic E-state index is 5.34. The zero-order valence-corrected chi connectivity index (χ0v) is 13.7. The van der Waals surface area contributed by atoms with E-state index in [0.717, 1.165) is 42.7 Å². The summed E-state index contributed by atoms with van der Waals surface area (Å²) >= 11 is 0. The Labute approximate surface area is 128 Å². The Balaban J connectivity index is 1.69. The van der Waals surface area contributed by atoms with Gasteiger partial charge in [-0.05, 0) is 52.5 Å². The van der Waals surface area contributed by atoms with Crippen LogP contribution in [0.15, 0.2) is 4.52 Å². The van der Waals surface area contributed by atoms with Crippen LogP contribution in [0.5, 0.6) is 0 Å². The molecule has 3 rings (SSSR count). The molecular weight excluding hydrogens is 262 g/mol. The summed E-state index contributed by atoms with van der Waals surface area (Å²) in [6.07, 6.45) is 7.94. The number of fused-ring (bicyclic) bond motifs is 2. The normalized spacial score (nSPS) is 29.8. The van der Waals surface area contributed by atoms with Gasteiger partial charge in [-0.25, -0.2) is 0 Å². The lowest BCUT2D eigenvalue weighted by atomic mass is 9.81.